The number of rotatable bonds is 14. The van der Waals surface area contributed by atoms with Crippen molar-refractivity contribution < 1.29 is 5.11 Å². The fraction of sp³-hybridized carbons (Fsp3) is 0.889. The first-order valence-electron chi connectivity index (χ1n) is 8.79. The molecule has 3 heteroatoms. The SMILES string of the molecule is CCCCCCCCCCC(CCCC)C(C#N)C(O)=S. The Hall–Kier alpha value is -0.620. The van der Waals surface area contributed by atoms with Gasteiger partial charge in [0.15, 0.2) is 5.05 Å². The molecule has 0 aromatic rings. The van der Waals surface area contributed by atoms with Crippen LogP contribution in [0.2, 0.25) is 0 Å². The normalized spacial score (nSPS) is 13.6. The van der Waals surface area contributed by atoms with E-state index in [0.717, 1.165) is 32.1 Å². The van der Waals surface area contributed by atoms with Gasteiger partial charge in [0.1, 0.15) is 5.92 Å². The summed E-state index contributed by atoms with van der Waals surface area (Å²) in [5, 5.41) is 18.6. The van der Waals surface area contributed by atoms with E-state index < -0.39 is 5.92 Å². The van der Waals surface area contributed by atoms with E-state index in [1.54, 1.807) is 0 Å². The van der Waals surface area contributed by atoms with Crippen LogP contribution in [0.4, 0.5) is 0 Å². The number of thiocarbonyl (C=S) groups is 1. The molecule has 122 valence electrons. The van der Waals surface area contributed by atoms with Crippen LogP contribution in [0.15, 0.2) is 0 Å². The molecule has 0 bridgehead atoms. The topological polar surface area (TPSA) is 44.0 Å². The van der Waals surface area contributed by atoms with Gasteiger partial charge in [-0.15, -0.1) is 0 Å². The number of hydrogen-bond acceptors (Lipinski definition) is 2. The number of aliphatic hydroxyl groups is 1. The van der Waals surface area contributed by atoms with Crippen LogP contribution in [0.3, 0.4) is 0 Å². The predicted molar refractivity (Wildman–Crippen MR) is 94.6 cm³/mol. The van der Waals surface area contributed by atoms with E-state index in [0.29, 0.717) is 0 Å². The zero-order valence-corrected chi connectivity index (χ0v) is 14.8. The monoisotopic (exact) mass is 311 g/mol. The molecule has 0 aromatic heterocycles. The second-order valence-electron chi connectivity index (χ2n) is 6.11. The van der Waals surface area contributed by atoms with Crippen LogP contribution in [0, 0.1) is 23.2 Å². The fourth-order valence-corrected chi connectivity index (χ4v) is 3.09. The van der Waals surface area contributed by atoms with Gasteiger partial charge in [0, 0.05) is 0 Å². The molecule has 0 radical (unpaired) electrons. The van der Waals surface area contributed by atoms with Crippen molar-refractivity contribution >= 4 is 17.3 Å². The Morgan fingerprint density at radius 1 is 0.905 bits per heavy atom. The molecule has 0 fully saturated rings. The molecule has 2 unspecified atom stereocenters. The van der Waals surface area contributed by atoms with Crippen molar-refractivity contribution in [3.05, 3.63) is 0 Å². The highest BCUT2D eigenvalue weighted by Crippen LogP contribution is 2.26. The van der Waals surface area contributed by atoms with E-state index in [4.69, 9.17) is 12.2 Å². The average Bonchev–Trinajstić information content (AvgIpc) is 2.47. The van der Waals surface area contributed by atoms with Gasteiger partial charge in [-0.2, -0.15) is 5.26 Å². The third-order valence-electron chi connectivity index (χ3n) is 4.23. The second kappa shape index (κ2) is 14.3. The first-order valence-corrected chi connectivity index (χ1v) is 9.20. The molecule has 0 aliphatic carbocycles. The molecule has 2 atom stereocenters. The number of nitriles is 1. The van der Waals surface area contributed by atoms with Crippen LogP contribution in [0.25, 0.3) is 0 Å². The third-order valence-corrected chi connectivity index (χ3v) is 4.49. The van der Waals surface area contributed by atoms with Gasteiger partial charge in [-0.1, -0.05) is 78.1 Å². The van der Waals surface area contributed by atoms with Crippen molar-refractivity contribution in [3.63, 3.8) is 0 Å². The van der Waals surface area contributed by atoms with Crippen LogP contribution in [0.5, 0.6) is 0 Å². The summed E-state index contributed by atoms with van der Waals surface area (Å²) in [6, 6.07) is 2.19. The summed E-state index contributed by atoms with van der Waals surface area (Å²) < 4.78 is 0. The van der Waals surface area contributed by atoms with Crippen LogP contribution in [-0.4, -0.2) is 10.2 Å². The maximum Gasteiger partial charge on any atom is 0.174 e. The Labute approximate surface area is 136 Å². The van der Waals surface area contributed by atoms with E-state index in [9.17, 15) is 10.4 Å². The molecule has 0 aliphatic rings. The average molecular weight is 312 g/mol. The van der Waals surface area contributed by atoms with Crippen molar-refractivity contribution in [1.82, 2.24) is 0 Å². The Bertz CT molecular complexity index is 298. The number of nitrogens with zero attached hydrogens (tertiary/aromatic N) is 1. The predicted octanol–water partition coefficient (Wildman–Crippen LogP) is 6.35. The summed E-state index contributed by atoms with van der Waals surface area (Å²) in [4.78, 5) is 0. The second-order valence-corrected chi connectivity index (χ2v) is 6.53. The lowest BCUT2D eigenvalue weighted by Crippen LogP contribution is -2.21. The summed E-state index contributed by atoms with van der Waals surface area (Å²) in [5.41, 5.74) is 0. The zero-order valence-electron chi connectivity index (χ0n) is 13.9. The van der Waals surface area contributed by atoms with E-state index in [1.165, 1.54) is 44.9 Å². The van der Waals surface area contributed by atoms with Crippen molar-refractivity contribution in [2.45, 2.75) is 90.9 Å². The number of aliphatic hydroxyl groups excluding tert-OH is 1. The number of unbranched alkanes of at least 4 members (excludes halogenated alkanes) is 8. The fourth-order valence-electron chi connectivity index (χ4n) is 2.85. The number of hydrogen-bond donors (Lipinski definition) is 1. The summed E-state index contributed by atoms with van der Waals surface area (Å²) in [6.45, 7) is 4.40. The standard InChI is InChI=1S/C18H33NOS/c1-3-5-7-8-9-10-11-12-14-16(13-6-4-2)17(15-19)18(20)21/h16-17H,3-14H2,1-2H3,(H,20,21). The molecule has 0 rings (SSSR count). The van der Waals surface area contributed by atoms with Gasteiger partial charge in [-0.05, 0) is 31.0 Å². The van der Waals surface area contributed by atoms with Crippen molar-refractivity contribution in [2.75, 3.05) is 0 Å². The van der Waals surface area contributed by atoms with E-state index >= 15 is 0 Å². The molecule has 0 amide bonds. The third kappa shape index (κ3) is 10.7. The van der Waals surface area contributed by atoms with E-state index in [1.807, 2.05) is 0 Å². The molecule has 0 aliphatic heterocycles. The lowest BCUT2D eigenvalue weighted by Gasteiger charge is -2.20. The maximum absolute atomic E-state index is 9.51. The first-order chi connectivity index (χ1) is 10.2. The molecule has 2 nitrogen and oxygen atoms in total. The lowest BCUT2D eigenvalue weighted by molar-refractivity contribution is 0.356. The van der Waals surface area contributed by atoms with Gasteiger partial charge in [0.25, 0.3) is 0 Å². The van der Waals surface area contributed by atoms with E-state index in [2.05, 4.69) is 19.9 Å². The Kier molecular flexibility index (Phi) is 13.9. The zero-order chi connectivity index (χ0) is 15.9. The highest BCUT2D eigenvalue weighted by Gasteiger charge is 2.24. The Morgan fingerprint density at radius 2 is 1.38 bits per heavy atom. The summed E-state index contributed by atoms with van der Waals surface area (Å²) in [6.07, 6.45) is 14.7. The van der Waals surface area contributed by atoms with Gasteiger partial charge in [-0.25, -0.2) is 0 Å². The molecular formula is C18H33NOS. The van der Waals surface area contributed by atoms with Gasteiger partial charge >= 0.3 is 0 Å². The van der Waals surface area contributed by atoms with Crippen LogP contribution >= 0.6 is 12.2 Å². The lowest BCUT2D eigenvalue weighted by atomic mass is 9.85. The van der Waals surface area contributed by atoms with Crippen LogP contribution in [0.1, 0.15) is 90.9 Å². The minimum absolute atomic E-state index is 0.113. The van der Waals surface area contributed by atoms with E-state index in [-0.39, 0.29) is 11.0 Å². The molecule has 0 saturated heterocycles. The minimum atomic E-state index is -0.448. The van der Waals surface area contributed by atoms with Gasteiger partial charge in [-0.3, -0.25) is 0 Å². The highest BCUT2D eigenvalue weighted by molar-refractivity contribution is 7.80. The van der Waals surface area contributed by atoms with Crippen LogP contribution in [-0.2, 0) is 0 Å². The Morgan fingerprint density at radius 3 is 1.86 bits per heavy atom. The molecule has 0 heterocycles. The molecular weight excluding hydrogens is 278 g/mol. The van der Waals surface area contributed by atoms with Gasteiger partial charge in [0.05, 0.1) is 6.07 Å². The molecule has 0 aromatic carbocycles. The quantitative estimate of drug-likeness (QED) is 0.300. The van der Waals surface area contributed by atoms with Crippen molar-refractivity contribution in [2.24, 2.45) is 11.8 Å². The summed E-state index contributed by atoms with van der Waals surface area (Å²) >= 11 is 4.84. The van der Waals surface area contributed by atoms with Crippen molar-refractivity contribution in [1.29, 1.82) is 5.26 Å². The molecule has 0 spiro atoms. The van der Waals surface area contributed by atoms with Gasteiger partial charge < -0.3 is 5.11 Å². The molecule has 21 heavy (non-hydrogen) atoms. The van der Waals surface area contributed by atoms with Crippen molar-refractivity contribution in [3.8, 4) is 6.07 Å². The minimum Gasteiger partial charge on any atom is -0.501 e. The molecule has 0 saturated carbocycles. The summed E-state index contributed by atoms with van der Waals surface area (Å²) in [7, 11) is 0. The summed E-state index contributed by atoms with van der Waals surface area (Å²) in [5.74, 6) is -0.205. The first kappa shape index (κ1) is 20.4. The molecule has 1 N–H and O–H groups in total. The largest absolute Gasteiger partial charge is 0.501 e. The van der Waals surface area contributed by atoms with Gasteiger partial charge in [0.2, 0.25) is 0 Å². The van der Waals surface area contributed by atoms with Crippen LogP contribution < -0.4 is 0 Å². The smallest absolute Gasteiger partial charge is 0.174 e. The highest BCUT2D eigenvalue weighted by atomic mass is 32.1. The Balaban J connectivity index is 3.91. The maximum atomic E-state index is 9.51.